The van der Waals surface area contributed by atoms with Crippen molar-refractivity contribution in [1.29, 1.82) is 0 Å². The summed E-state index contributed by atoms with van der Waals surface area (Å²) < 4.78 is 38.6. The van der Waals surface area contributed by atoms with Crippen LogP contribution in [0.4, 0.5) is 11.4 Å². The van der Waals surface area contributed by atoms with E-state index < -0.39 is 15.9 Å². The number of carbonyl (C=O) groups excluding carboxylic acids is 1. The van der Waals surface area contributed by atoms with Gasteiger partial charge in [-0.15, -0.1) is 0 Å². The molecule has 0 spiro atoms. The number of nitrogens with zero attached hydrogens (tertiary/aromatic N) is 1. The maximum Gasteiger partial charge on any atom is 0.293 e. The standard InChI is InChI=1S/C20H18ClN3O5S/c1-12(2)18-19(29-11-22-18)20(25)23-15-8-9-16(28-3)17(10-15)30(26,27)24-14-6-4-13(21)5-7-14/h4-11,24H,1H2,2-3H3,(H,23,25). The number of sulfonamides is 1. The van der Waals surface area contributed by atoms with Gasteiger partial charge in [-0.2, -0.15) is 0 Å². The van der Waals surface area contributed by atoms with Crippen LogP contribution in [0.1, 0.15) is 23.2 Å². The Hall–Kier alpha value is -3.30. The van der Waals surface area contributed by atoms with Gasteiger partial charge in [-0.25, -0.2) is 13.4 Å². The molecule has 3 rings (SSSR count). The van der Waals surface area contributed by atoms with E-state index in [-0.39, 0.29) is 22.1 Å². The average Bonchev–Trinajstić information content (AvgIpc) is 3.20. The summed E-state index contributed by atoms with van der Waals surface area (Å²) in [5, 5.41) is 3.07. The molecule has 0 saturated heterocycles. The molecule has 0 radical (unpaired) electrons. The van der Waals surface area contributed by atoms with E-state index in [4.69, 9.17) is 20.8 Å². The molecule has 0 aliphatic rings. The third-order valence-electron chi connectivity index (χ3n) is 3.99. The van der Waals surface area contributed by atoms with Crippen LogP contribution < -0.4 is 14.8 Å². The van der Waals surface area contributed by atoms with Gasteiger partial charge >= 0.3 is 0 Å². The van der Waals surface area contributed by atoms with Gasteiger partial charge in [0.25, 0.3) is 15.9 Å². The van der Waals surface area contributed by atoms with Gasteiger partial charge in [-0.05, 0) is 55.0 Å². The highest BCUT2D eigenvalue weighted by Gasteiger charge is 2.22. The summed E-state index contributed by atoms with van der Waals surface area (Å²) in [6, 6.07) is 10.4. The number of amides is 1. The summed E-state index contributed by atoms with van der Waals surface area (Å²) in [5.74, 6) is -0.511. The molecule has 10 heteroatoms. The Labute approximate surface area is 178 Å². The molecule has 3 aromatic rings. The number of carbonyl (C=O) groups is 1. The lowest BCUT2D eigenvalue weighted by Crippen LogP contribution is -2.16. The first-order chi connectivity index (χ1) is 14.2. The zero-order valence-electron chi connectivity index (χ0n) is 16.1. The van der Waals surface area contributed by atoms with Crippen LogP contribution in [0.2, 0.25) is 5.02 Å². The Morgan fingerprint density at radius 1 is 1.17 bits per heavy atom. The Morgan fingerprint density at radius 3 is 2.47 bits per heavy atom. The minimum Gasteiger partial charge on any atom is -0.495 e. The molecule has 1 amide bonds. The lowest BCUT2D eigenvalue weighted by Gasteiger charge is -2.13. The molecule has 1 heterocycles. The van der Waals surface area contributed by atoms with E-state index in [9.17, 15) is 13.2 Å². The number of aromatic nitrogens is 1. The van der Waals surface area contributed by atoms with Crippen molar-refractivity contribution < 1.29 is 22.4 Å². The molecule has 8 nitrogen and oxygen atoms in total. The van der Waals surface area contributed by atoms with Gasteiger partial charge in [0, 0.05) is 16.4 Å². The van der Waals surface area contributed by atoms with Crippen molar-refractivity contribution in [3.8, 4) is 5.75 Å². The van der Waals surface area contributed by atoms with Crippen LogP contribution in [0.3, 0.4) is 0 Å². The van der Waals surface area contributed by atoms with Crippen LogP contribution >= 0.6 is 11.6 Å². The van der Waals surface area contributed by atoms with Crippen molar-refractivity contribution >= 4 is 44.5 Å². The summed E-state index contributed by atoms with van der Waals surface area (Å²) in [7, 11) is -2.67. The molecule has 0 aliphatic heterocycles. The molecule has 0 unspecified atom stereocenters. The van der Waals surface area contributed by atoms with E-state index in [0.717, 1.165) is 6.39 Å². The minimum atomic E-state index is -4.02. The second-order valence-corrected chi connectivity index (χ2v) is 8.33. The Bertz CT molecular complexity index is 1200. The molecular weight excluding hydrogens is 430 g/mol. The molecule has 2 N–H and O–H groups in total. The van der Waals surface area contributed by atoms with Gasteiger partial charge in [0.15, 0.2) is 6.39 Å². The van der Waals surface area contributed by atoms with Gasteiger partial charge < -0.3 is 14.5 Å². The predicted octanol–water partition coefficient (Wildman–Crippen LogP) is 4.42. The molecule has 0 bridgehead atoms. The number of methoxy groups -OCH3 is 1. The Balaban J connectivity index is 1.91. The monoisotopic (exact) mass is 447 g/mol. The fourth-order valence-electron chi connectivity index (χ4n) is 2.59. The number of hydrogen-bond donors (Lipinski definition) is 2. The number of allylic oxidation sites excluding steroid dienone is 1. The number of ether oxygens (including phenoxy) is 1. The van der Waals surface area contributed by atoms with E-state index in [2.05, 4.69) is 21.6 Å². The van der Waals surface area contributed by atoms with E-state index in [1.54, 1.807) is 19.1 Å². The topological polar surface area (TPSA) is 111 Å². The Morgan fingerprint density at radius 2 is 1.83 bits per heavy atom. The van der Waals surface area contributed by atoms with Crippen LogP contribution in [0, 0.1) is 0 Å². The summed E-state index contributed by atoms with van der Waals surface area (Å²) in [6.07, 6.45) is 1.14. The summed E-state index contributed by atoms with van der Waals surface area (Å²) >= 11 is 5.83. The van der Waals surface area contributed by atoms with Crippen LogP contribution in [0.15, 0.2) is 64.7 Å². The van der Waals surface area contributed by atoms with Crippen molar-refractivity contribution in [2.45, 2.75) is 11.8 Å². The van der Waals surface area contributed by atoms with Gasteiger partial charge in [0.1, 0.15) is 16.3 Å². The van der Waals surface area contributed by atoms with E-state index in [1.165, 1.54) is 37.4 Å². The number of benzene rings is 2. The maximum atomic E-state index is 12.9. The number of oxazole rings is 1. The lowest BCUT2D eigenvalue weighted by molar-refractivity contribution is 0.0996. The fourth-order valence-corrected chi connectivity index (χ4v) is 3.97. The highest BCUT2D eigenvalue weighted by atomic mass is 35.5. The molecule has 0 atom stereocenters. The van der Waals surface area contributed by atoms with Crippen molar-refractivity contribution in [3.05, 3.63) is 71.9 Å². The number of rotatable bonds is 7. The first-order valence-electron chi connectivity index (χ1n) is 8.58. The first-order valence-corrected chi connectivity index (χ1v) is 10.4. The second-order valence-electron chi connectivity index (χ2n) is 6.24. The zero-order chi connectivity index (χ0) is 21.9. The van der Waals surface area contributed by atoms with Gasteiger partial charge in [0.2, 0.25) is 5.76 Å². The van der Waals surface area contributed by atoms with Gasteiger partial charge in [-0.1, -0.05) is 18.2 Å². The second kappa shape index (κ2) is 8.60. The van der Waals surface area contributed by atoms with E-state index >= 15 is 0 Å². The average molecular weight is 448 g/mol. The number of nitrogens with one attached hydrogen (secondary N) is 2. The SMILES string of the molecule is C=C(C)c1ncoc1C(=O)Nc1ccc(OC)c(S(=O)(=O)Nc2ccc(Cl)cc2)c1. The molecular formula is C20H18ClN3O5S. The summed E-state index contributed by atoms with van der Waals surface area (Å²) in [4.78, 5) is 16.3. The summed E-state index contributed by atoms with van der Waals surface area (Å²) in [5.41, 5.74) is 1.42. The maximum absolute atomic E-state index is 12.9. The van der Waals surface area contributed by atoms with E-state index in [1.807, 2.05) is 0 Å². The molecule has 1 aromatic heterocycles. The number of hydrogen-bond acceptors (Lipinski definition) is 6. The van der Waals surface area contributed by atoms with Crippen molar-refractivity contribution in [1.82, 2.24) is 4.98 Å². The largest absolute Gasteiger partial charge is 0.495 e. The molecule has 156 valence electrons. The number of halogens is 1. The smallest absolute Gasteiger partial charge is 0.293 e. The van der Waals surface area contributed by atoms with Gasteiger partial charge in [-0.3, -0.25) is 9.52 Å². The van der Waals surface area contributed by atoms with Crippen LogP contribution in [-0.2, 0) is 10.0 Å². The first kappa shape index (κ1) is 21.4. The number of anilines is 2. The van der Waals surface area contributed by atoms with Crippen LogP contribution in [-0.4, -0.2) is 26.4 Å². The van der Waals surface area contributed by atoms with E-state index in [0.29, 0.717) is 22.0 Å². The highest BCUT2D eigenvalue weighted by Crippen LogP contribution is 2.29. The third kappa shape index (κ3) is 4.64. The van der Waals surface area contributed by atoms with Gasteiger partial charge in [0.05, 0.1) is 7.11 Å². The molecule has 2 aromatic carbocycles. The summed E-state index contributed by atoms with van der Waals surface area (Å²) in [6.45, 7) is 5.44. The third-order valence-corrected chi connectivity index (χ3v) is 5.64. The highest BCUT2D eigenvalue weighted by molar-refractivity contribution is 7.92. The normalized spacial score (nSPS) is 11.0. The minimum absolute atomic E-state index is 0.0259. The van der Waals surface area contributed by atoms with Crippen molar-refractivity contribution in [2.75, 3.05) is 17.1 Å². The fraction of sp³-hybridized carbons (Fsp3) is 0.100. The molecule has 0 aliphatic carbocycles. The zero-order valence-corrected chi connectivity index (χ0v) is 17.7. The molecule has 30 heavy (non-hydrogen) atoms. The predicted molar refractivity (Wildman–Crippen MR) is 114 cm³/mol. The van der Waals surface area contributed by atoms with Crippen molar-refractivity contribution in [3.63, 3.8) is 0 Å². The lowest BCUT2D eigenvalue weighted by atomic mass is 10.2. The van der Waals surface area contributed by atoms with Crippen LogP contribution in [0.5, 0.6) is 5.75 Å². The molecule has 0 saturated carbocycles. The van der Waals surface area contributed by atoms with Crippen LogP contribution in [0.25, 0.3) is 5.57 Å². The Kier molecular flexibility index (Phi) is 6.14. The van der Waals surface area contributed by atoms with Crippen molar-refractivity contribution in [2.24, 2.45) is 0 Å². The quantitative estimate of drug-likeness (QED) is 0.554. The molecule has 0 fully saturated rings.